The first-order chi connectivity index (χ1) is 9.37. The standard InChI is InChI=1S/C14H21F3N2O.ClH/c1-2-5-19(9-14(15,16)17)13(20)8-10-6-11-3-4-12(7-10)18-11;/h2,10-12,18H,1,3-9H2;1H. The lowest BCUT2D eigenvalue weighted by Gasteiger charge is -2.30. The number of hydrogen-bond donors (Lipinski definition) is 1. The Morgan fingerprint density at radius 2 is 1.86 bits per heavy atom. The van der Waals surface area contributed by atoms with Gasteiger partial charge < -0.3 is 10.2 Å². The molecule has 0 saturated carbocycles. The number of carbonyl (C=O) groups excluding carboxylic acids is 1. The zero-order valence-electron chi connectivity index (χ0n) is 11.9. The average Bonchev–Trinajstić information content (AvgIpc) is 2.66. The van der Waals surface area contributed by atoms with E-state index in [1.54, 1.807) is 0 Å². The number of hydrogen-bond acceptors (Lipinski definition) is 2. The van der Waals surface area contributed by atoms with E-state index in [-0.39, 0.29) is 31.3 Å². The molecule has 2 atom stereocenters. The molecule has 7 heteroatoms. The number of nitrogens with one attached hydrogen (secondary N) is 1. The summed E-state index contributed by atoms with van der Waals surface area (Å²) in [6.07, 6.45) is 1.25. The molecule has 2 bridgehead atoms. The van der Waals surface area contributed by atoms with Crippen LogP contribution in [0.1, 0.15) is 32.1 Å². The third-order valence-corrected chi connectivity index (χ3v) is 4.11. The molecule has 2 aliphatic rings. The lowest BCUT2D eigenvalue weighted by Crippen LogP contribution is -2.42. The molecule has 2 saturated heterocycles. The Labute approximate surface area is 129 Å². The highest BCUT2D eigenvalue weighted by atomic mass is 35.5. The van der Waals surface area contributed by atoms with Crippen LogP contribution >= 0.6 is 12.4 Å². The number of piperidine rings is 1. The molecule has 21 heavy (non-hydrogen) atoms. The van der Waals surface area contributed by atoms with Crippen molar-refractivity contribution in [3.8, 4) is 0 Å². The van der Waals surface area contributed by atoms with Gasteiger partial charge in [-0.05, 0) is 31.6 Å². The van der Waals surface area contributed by atoms with E-state index in [9.17, 15) is 18.0 Å². The van der Waals surface area contributed by atoms with E-state index in [1.165, 1.54) is 6.08 Å². The summed E-state index contributed by atoms with van der Waals surface area (Å²) >= 11 is 0. The summed E-state index contributed by atoms with van der Waals surface area (Å²) in [5.41, 5.74) is 0. The summed E-state index contributed by atoms with van der Waals surface area (Å²) in [5.74, 6) is -0.199. The highest BCUT2D eigenvalue weighted by molar-refractivity contribution is 5.85. The smallest absolute Gasteiger partial charge is 0.330 e. The van der Waals surface area contributed by atoms with Crippen LogP contribution in [0, 0.1) is 5.92 Å². The minimum Gasteiger partial charge on any atom is -0.330 e. The van der Waals surface area contributed by atoms with E-state index in [0.29, 0.717) is 12.1 Å². The first-order valence-corrected chi connectivity index (χ1v) is 7.09. The molecule has 122 valence electrons. The molecule has 0 radical (unpaired) electrons. The van der Waals surface area contributed by atoms with Gasteiger partial charge in [0.05, 0.1) is 0 Å². The molecule has 2 fully saturated rings. The molecule has 2 aliphatic heterocycles. The van der Waals surface area contributed by atoms with Crippen molar-refractivity contribution in [1.82, 2.24) is 10.2 Å². The van der Waals surface area contributed by atoms with Crippen LogP contribution in [-0.2, 0) is 4.79 Å². The van der Waals surface area contributed by atoms with Gasteiger partial charge in [0.15, 0.2) is 0 Å². The minimum absolute atomic E-state index is 0. The Morgan fingerprint density at radius 1 is 1.29 bits per heavy atom. The van der Waals surface area contributed by atoms with Crippen molar-refractivity contribution in [3.63, 3.8) is 0 Å². The van der Waals surface area contributed by atoms with Crippen molar-refractivity contribution in [1.29, 1.82) is 0 Å². The third-order valence-electron chi connectivity index (χ3n) is 4.11. The SMILES string of the molecule is C=CCN(CC(F)(F)F)C(=O)CC1CC2CCC(C1)N2.Cl. The van der Waals surface area contributed by atoms with Gasteiger partial charge in [0.2, 0.25) is 5.91 Å². The Hall–Kier alpha value is -0.750. The second kappa shape index (κ2) is 7.49. The molecule has 0 spiro atoms. The van der Waals surface area contributed by atoms with Crippen LogP contribution in [0.25, 0.3) is 0 Å². The number of alkyl halides is 3. The van der Waals surface area contributed by atoms with E-state index >= 15 is 0 Å². The molecule has 1 N–H and O–H groups in total. The zero-order valence-corrected chi connectivity index (χ0v) is 12.7. The Kier molecular flexibility index (Phi) is 6.53. The van der Waals surface area contributed by atoms with Crippen LogP contribution in [0.3, 0.4) is 0 Å². The molecular formula is C14H22ClF3N2O. The zero-order chi connectivity index (χ0) is 14.8. The molecule has 0 aromatic rings. The summed E-state index contributed by atoms with van der Waals surface area (Å²) in [6.45, 7) is 2.19. The molecule has 3 nitrogen and oxygen atoms in total. The van der Waals surface area contributed by atoms with Gasteiger partial charge in [0, 0.05) is 25.0 Å². The summed E-state index contributed by atoms with van der Waals surface area (Å²) in [4.78, 5) is 12.9. The number of carbonyl (C=O) groups is 1. The van der Waals surface area contributed by atoms with E-state index < -0.39 is 18.6 Å². The lowest BCUT2D eigenvalue weighted by atomic mass is 9.89. The quantitative estimate of drug-likeness (QED) is 0.788. The number of fused-ring (bicyclic) bond motifs is 2. The molecule has 0 aromatic carbocycles. The van der Waals surface area contributed by atoms with Crippen molar-refractivity contribution in [2.75, 3.05) is 13.1 Å². The lowest BCUT2D eigenvalue weighted by molar-refractivity contribution is -0.160. The van der Waals surface area contributed by atoms with Crippen molar-refractivity contribution >= 4 is 18.3 Å². The molecule has 2 rings (SSSR count). The van der Waals surface area contributed by atoms with Gasteiger partial charge >= 0.3 is 6.18 Å². The van der Waals surface area contributed by atoms with Crippen LogP contribution in [0.15, 0.2) is 12.7 Å². The van der Waals surface area contributed by atoms with Crippen molar-refractivity contribution in [3.05, 3.63) is 12.7 Å². The number of amides is 1. The Bertz CT molecular complexity index is 364. The van der Waals surface area contributed by atoms with E-state index in [0.717, 1.165) is 30.6 Å². The van der Waals surface area contributed by atoms with Crippen LogP contribution in [-0.4, -0.2) is 42.2 Å². The second-order valence-corrected chi connectivity index (χ2v) is 5.86. The fraction of sp³-hybridized carbons (Fsp3) is 0.786. The van der Waals surface area contributed by atoms with E-state index in [4.69, 9.17) is 0 Å². The van der Waals surface area contributed by atoms with Gasteiger partial charge in [0.1, 0.15) is 6.54 Å². The number of rotatable bonds is 5. The predicted octanol–water partition coefficient (Wildman–Crippen LogP) is 2.91. The molecular weight excluding hydrogens is 305 g/mol. The summed E-state index contributed by atoms with van der Waals surface area (Å²) in [5, 5.41) is 3.47. The van der Waals surface area contributed by atoms with Gasteiger partial charge in [-0.25, -0.2) is 0 Å². The fourth-order valence-corrected chi connectivity index (χ4v) is 3.34. The largest absolute Gasteiger partial charge is 0.406 e. The summed E-state index contributed by atoms with van der Waals surface area (Å²) < 4.78 is 37.4. The van der Waals surface area contributed by atoms with Crippen molar-refractivity contribution < 1.29 is 18.0 Å². The normalized spacial score (nSPS) is 27.9. The van der Waals surface area contributed by atoms with Crippen LogP contribution in [0.5, 0.6) is 0 Å². The molecule has 0 aromatic heterocycles. The molecule has 2 heterocycles. The van der Waals surface area contributed by atoms with Gasteiger partial charge in [-0.2, -0.15) is 13.2 Å². The first-order valence-electron chi connectivity index (χ1n) is 7.09. The predicted molar refractivity (Wildman–Crippen MR) is 77.4 cm³/mol. The Balaban J connectivity index is 0.00000220. The molecule has 0 aliphatic carbocycles. The maximum Gasteiger partial charge on any atom is 0.406 e. The average molecular weight is 327 g/mol. The summed E-state index contributed by atoms with van der Waals surface area (Å²) in [6, 6.07) is 0.893. The fourth-order valence-electron chi connectivity index (χ4n) is 3.34. The van der Waals surface area contributed by atoms with Crippen LogP contribution < -0.4 is 5.32 Å². The molecule has 2 unspecified atom stereocenters. The highest BCUT2D eigenvalue weighted by Gasteiger charge is 2.36. The van der Waals surface area contributed by atoms with Gasteiger partial charge in [-0.1, -0.05) is 6.08 Å². The third kappa shape index (κ3) is 5.51. The van der Waals surface area contributed by atoms with Crippen molar-refractivity contribution in [2.24, 2.45) is 5.92 Å². The topological polar surface area (TPSA) is 32.3 Å². The molecule has 1 amide bonds. The second-order valence-electron chi connectivity index (χ2n) is 5.86. The summed E-state index contributed by atoms with van der Waals surface area (Å²) in [7, 11) is 0. The monoisotopic (exact) mass is 326 g/mol. The van der Waals surface area contributed by atoms with E-state index in [2.05, 4.69) is 11.9 Å². The van der Waals surface area contributed by atoms with Crippen molar-refractivity contribution in [2.45, 2.75) is 50.4 Å². The van der Waals surface area contributed by atoms with Gasteiger partial charge in [-0.3, -0.25) is 4.79 Å². The number of halogens is 4. The number of nitrogens with zero attached hydrogens (tertiary/aromatic N) is 1. The maximum atomic E-state index is 12.5. The minimum atomic E-state index is -4.36. The van der Waals surface area contributed by atoms with Gasteiger partial charge in [0.25, 0.3) is 0 Å². The van der Waals surface area contributed by atoms with Crippen LogP contribution in [0.4, 0.5) is 13.2 Å². The van der Waals surface area contributed by atoms with E-state index in [1.807, 2.05) is 0 Å². The maximum absolute atomic E-state index is 12.5. The van der Waals surface area contributed by atoms with Crippen LogP contribution in [0.2, 0.25) is 0 Å². The Morgan fingerprint density at radius 3 is 2.33 bits per heavy atom. The first kappa shape index (κ1) is 18.3. The highest BCUT2D eigenvalue weighted by Crippen LogP contribution is 2.33. The van der Waals surface area contributed by atoms with Gasteiger partial charge in [-0.15, -0.1) is 19.0 Å².